The predicted molar refractivity (Wildman–Crippen MR) is 79.3 cm³/mol. The number of anilines is 1. The molecule has 0 N–H and O–H groups in total. The number of amides is 1. The summed E-state index contributed by atoms with van der Waals surface area (Å²) in [4.78, 5) is 26.2. The molecule has 1 aliphatic rings. The van der Waals surface area contributed by atoms with Crippen LogP contribution in [-0.4, -0.2) is 20.4 Å². The first kappa shape index (κ1) is 13.4. The molecule has 1 amide bonds. The summed E-state index contributed by atoms with van der Waals surface area (Å²) in [6.07, 6.45) is 1.91. The molecule has 6 nitrogen and oxygen atoms in total. The van der Waals surface area contributed by atoms with Crippen LogP contribution in [-0.2, 0) is 13.1 Å². The molecule has 0 saturated heterocycles. The Labute approximate surface area is 121 Å². The number of rotatable bonds is 3. The molecule has 3 rings (SSSR count). The van der Waals surface area contributed by atoms with Gasteiger partial charge in [0.05, 0.1) is 13.1 Å². The molecule has 6 heteroatoms. The third-order valence-corrected chi connectivity index (χ3v) is 3.37. The Balaban J connectivity index is 1.93. The number of carbonyl (C=O) groups is 1. The summed E-state index contributed by atoms with van der Waals surface area (Å²) >= 11 is 0. The maximum Gasteiger partial charge on any atom is 0.354 e. The van der Waals surface area contributed by atoms with Gasteiger partial charge < -0.3 is 0 Å². The largest absolute Gasteiger partial charge is 0.354 e. The van der Waals surface area contributed by atoms with Crippen molar-refractivity contribution in [2.75, 3.05) is 4.90 Å². The van der Waals surface area contributed by atoms with Crippen molar-refractivity contribution in [3.8, 4) is 0 Å². The highest BCUT2D eigenvalue weighted by molar-refractivity contribution is 5.95. The number of hydrogen-bond acceptors (Lipinski definition) is 3. The lowest BCUT2D eigenvalue weighted by Crippen LogP contribution is -2.34. The molecule has 1 aromatic carbocycles. The second-order valence-corrected chi connectivity index (χ2v) is 5.20. The fourth-order valence-corrected chi connectivity index (χ4v) is 2.27. The Morgan fingerprint density at radius 1 is 1.24 bits per heavy atom. The zero-order chi connectivity index (χ0) is 15.0. The van der Waals surface area contributed by atoms with Gasteiger partial charge >= 0.3 is 11.7 Å². The molecule has 1 aliphatic heterocycles. The lowest BCUT2D eigenvalue weighted by Gasteiger charge is -2.14. The van der Waals surface area contributed by atoms with Gasteiger partial charge in [0.15, 0.2) is 5.82 Å². The van der Waals surface area contributed by atoms with E-state index in [0.717, 1.165) is 15.8 Å². The standard InChI is InChI=1S/C15H16N4O2/c1-11(2)8-9-18-15(21)19-13(16-18)10-17(14(19)20)12-6-4-3-5-7-12/h3-8H,9-10H2,1-2H3. The van der Waals surface area contributed by atoms with Crippen LogP contribution < -0.4 is 10.6 Å². The van der Waals surface area contributed by atoms with Gasteiger partial charge in [0.1, 0.15) is 0 Å². The van der Waals surface area contributed by atoms with Crippen molar-refractivity contribution in [2.24, 2.45) is 0 Å². The third-order valence-electron chi connectivity index (χ3n) is 3.37. The molecule has 0 bridgehead atoms. The zero-order valence-electron chi connectivity index (χ0n) is 12.0. The van der Waals surface area contributed by atoms with Gasteiger partial charge in [0.2, 0.25) is 0 Å². The summed E-state index contributed by atoms with van der Waals surface area (Å²) in [7, 11) is 0. The van der Waals surface area contributed by atoms with Crippen molar-refractivity contribution in [3.63, 3.8) is 0 Å². The van der Waals surface area contributed by atoms with E-state index in [9.17, 15) is 9.59 Å². The molecule has 2 heterocycles. The molecule has 21 heavy (non-hydrogen) atoms. The molecule has 0 unspecified atom stereocenters. The van der Waals surface area contributed by atoms with E-state index in [1.165, 1.54) is 4.68 Å². The minimum Gasteiger partial charge on any atom is -0.286 e. The highest BCUT2D eigenvalue weighted by Crippen LogP contribution is 2.21. The van der Waals surface area contributed by atoms with Gasteiger partial charge in [-0.05, 0) is 26.0 Å². The van der Waals surface area contributed by atoms with E-state index in [0.29, 0.717) is 18.9 Å². The maximum atomic E-state index is 12.4. The van der Waals surface area contributed by atoms with E-state index in [1.54, 1.807) is 4.90 Å². The van der Waals surface area contributed by atoms with Crippen LogP contribution in [0.25, 0.3) is 0 Å². The first-order valence-corrected chi connectivity index (χ1v) is 6.77. The molecular formula is C15H16N4O2. The van der Waals surface area contributed by atoms with Crippen LogP contribution in [0.4, 0.5) is 10.5 Å². The van der Waals surface area contributed by atoms with Crippen LogP contribution in [0, 0.1) is 0 Å². The van der Waals surface area contributed by atoms with Crippen LogP contribution in [0.5, 0.6) is 0 Å². The lowest BCUT2D eigenvalue weighted by atomic mass is 10.3. The number of para-hydroxylation sites is 1. The average molecular weight is 284 g/mol. The molecule has 0 atom stereocenters. The van der Waals surface area contributed by atoms with Gasteiger partial charge in [0, 0.05) is 5.69 Å². The number of aromatic nitrogens is 3. The van der Waals surface area contributed by atoms with E-state index in [-0.39, 0.29) is 11.7 Å². The zero-order valence-corrected chi connectivity index (χ0v) is 12.0. The third kappa shape index (κ3) is 2.29. The monoisotopic (exact) mass is 284 g/mol. The number of nitrogens with zero attached hydrogens (tertiary/aromatic N) is 4. The second kappa shape index (κ2) is 5.05. The second-order valence-electron chi connectivity index (χ2n) is 5.20. The summed E-state index contributed by atoms with van der Waals surface area (Å²) in [5.74, 6) is 0.482. The molecule has 108 valence electrons. The summed E-state index contributed by atoms with van der Waals surface area (Å²) in [5, 5.41) is 4.25. The number of carbonyl (C=O) groups excluding carboxylic acids is 1. The Morgan fingerprint density at radius 2 is 1.95 bits per heavy atom. The summed E-state index contributed by atoms with van der Waals surface area (Å²) in [6, 6.07) is 8.94. The topological polar surface area (TPSA) is 60.1 Å². The summed E-state index contributed by atoms with van der Waals surface area (Å²) in [6.45, 7) is 4.62. The molecule has 0 saturated carbocycles. The molecule has 2 aromatic rings. The van der Waals surface area contributed by atoms with Gasteiger partial charge in [-0.25, -0.2) is 14.3 Å². The van der Waals surface area contributed by atoms with Crippen molar-refractivity contribution >= 4 is 11.7 Å². The first-order chi connectivity index (χ1) is 10.1. The van der Waals surface area contributed by atoms with Gasteiger partial charge in [-0.3, -0.25) is 4.90 Å². The van der Waals surface area contributed by atoms with Crippen molar-refractivity contribution in [1.29, 1.82) is 0 Å². The molecule has 0 aliphatic carbocycles. The predicted octanol–water partition coefficient (Wildman–Crippen LogP) is 2.00. The Morgan fingerprint density at radius 3 is 2.57 bits per heavy atom. The first-order valence-electron chi connectivity index (χ1n) is 6.77. The van der Waals surface area contributed by atoms with Crippen LogP contribution in [0.2, 0.25) is 0 Å². The van der Waals surface area contributed by atoms with Crippen molar-refractivity contribution in [2.45, 2.75) is 26.9 Å². The molecular weight excluding hydrogens is 268 g/mol. The van der Waals surface area contributed by atoms with E-state index in [4.69, 9.17) is 0 Å². The highest BCUT2D eigenvalue weighted by atomic mass is 16.2. The van der Waals surface area contributed by atoms with Crippen LogP contribution >= 0.6 is 0 Å². The van der Waals surface area contributed by atoms with Crippen LogP contribution in [0.3, 0.4) is 0 Å². The highest BCUT2D eigenvalue weighted by Gasteiger charge is 2.33. The average Bonchev–Trinajstić information content (AvgIpc) is 2.96. The Bertz CT molecular complexity index is 767. The van der Waals surface area contributed by atoms with Gasteiger partial charge in [-0.1, -0.05) is 29.8 Å². The van der Waals surface area contributed by atoms with Crippen LogP contribution in [0.15, 0.2) is 46.8 Å². The molecule has 0 radical (unpaired) electrons. The number of fused-ring (bicyclic) bond motifs is 1. The van der Waals surface area contributed by atoms with E-state index in [1.807, 2.05) is 50.3 Å². The lowest BCUT2D eigenvalue weighted by molar-refractivity contribution is 0.250. The minimum atomic E-state index is -0.383. The van der Waals surface area contributed by atoms with E-state index in [2.05, 4.69) is 5.10 Å². The number of hydrogen-bond donors (Lipinski definition) is 0. The SMILES string of the molecule is CC(C)=CCn1nc2n(c1=O)C(=O)N(c1ccccc1)C2. The Hall–Kier alpha value is -2.63. The quantitative estimate of drug-likeness (QED) is 0.810. The Kier molecular flexibility index (Phi) is 3.21. The van der Waals surface area contributed by atoms with E-state index < -0.39 is 0 Å². The van der Waals surface area contributed by atoms with Gasteiger partial charge in [-0.2, -0.15) is 9.67 Å². The molecule has 0 fully saturated rings. The molecule has 0 spiro atoms. The summed E-state index contributed by atoms with van der Waals surface area (Å²) < 4.78 is 2.47. The number of allylic oxidation sites excluding steroid dienone is 2. The molecule has 1 aromatic heterocycles. The van der Waals surface area contributed by atoms with Crippen LogP contribution in [0.1, 0.15) is 19.7 Å². The summed E-state index contributed by atoms with van der Waals surface area (Å²) in [5.41, 5.74) is 1.49. The minimum absolute atomic E-state index is 0.319. The smallest absolute Gasteiger partial charge is 0.286 e. The van der Waals surface area contributed by atoms with Crippen molar-refractivity contribution in [1.82, 2.24) is 14.3 Å². The fourth-order valence-electron chi connectivity index (χ4n) is 2.27. The fraction of sp³-hybridized carbons (Fsp3) is 0.267. The van der Waals surface area contributed by atoms with Crippen molar-refractivity contribution < 1.29 is 4.79 Å². The van der Waals surface area contributed by atoms with Gasteiger partial charge in [0.25, 0.3) is 0 Å². The van der Waals surface area contributed by atoms with E-state index >= 15 is 0 Å². The van der Waals surface area contributed by atoms with Crippen molar-refractivity contribution in [3.05, 3.63) is 58.3 Å². The normalized spacial score (nSPS) is 13.4. The van der Waals surface area contributed by atoms with Gasteiger partial charge in [-0.15, -0.1) is 0 Å². The maximum absolute atomic E-state index is 12.4. The number of benzene rings is 1.